The van der Waals surface area contributed by atoms with Crippen molar-refractivity contribution in [2.45, 2.75) is 6.92 Å². The molecule has 0 bridgehead atoms. The van der Waals surface area contributed by atoms with E-state index in [0.717, 1.165) is 92.8 Å². The number of fused-ring (bicyclic) bond motifs is 4. The Morgan fingerprint density at radius 3 is 1.16 bits per heavy atom. The van der Waals surface area contributed by atoms with E-state index in [1.807, 2.05) is 66.7 Å². The number of hydrogen-bond donors (Lipinski definition) is 0. The molecule has 7 aromatic carbocycles. The number of aryl methyl sites for hydroxylation is 1. The van der Waals surface area contributed by atoms with Crippen LogP contribution in [0.1, 0.15) is 5.56 Å². The summed E-state index contributed by atoms with van der Waals surface area (Å²) in [6.45, 7) is 2.07. The maximum atomic E-state index is 6.37. The van der Waals surface area contributed by atoms with Crippen molar-refractivity contribution in [3.05, 3.63) is 171 Å². The lowest BCUT2D eigenvalue weighted by Crippen LogP contribution is -2.16. The summed E-state index contributed by atoms with van der Waals surface area (Å²) in [5, 5.41) is 0. The Bertz CT molecular complexity index is 2540. The summed E-state index contributed by atoms with van der Waals surface area (Å²) in [5.74, 6) is 4.88. The van der Waals surface area contributed by atoms with Crippen molar-refractivity contribution >= 4 is 81.9 Å². The van der Waals surface area contributed by atoms with E-state index >= 15 is 0 Å². The van der Waals surface area contributed by atoms with Crippen LogP contribution in [0.5, 0.6) is 23.0 Å². The summed E-state index contributed by atoms with van der Waals surface area (Å²) < 4.78 is 15.5. The second-order valence-electron chi connectivity index (χ2n) is 13.4. The fourth-order valence-electron chi connectivity index (χ4n) is 7.07. The van der Waals surface area contributed by atoms with Gasteiger partial charge in [0.1, 0.15) is 0 Å². The van der Waals surface area contributed by atoms with Gasteiger partial charge in [-0.15, -0.1) is 0 Å². The van der Waals surface area contributed by atoms with Crippen LogP contribution in [0.4, 0.5) is 34.1 Å². The van der Waals surface area contributed by atoms with Crippen LogP contribution >= 0.6 is 47.8 Å². The zero-order valence-corrected chi connectivity index (χ0v) is 34.4. The molecule has 10 rings (SSSR count). The van der Waals surface area contributed by atoms with Crippen molar-refractivity contribution in [2.75, 3.05) is 9.80 Å². The Labute approximate surface area is 348 Å². The van der Waals surface area contributed by atoms with E-state index in [0.29, 0.717) is 17.5 Å². The molecule has 7 nitrogen and oxygen atoms in total. The average Bonchev–Trinajstić information content (AvgIpc) is 3.22. The highest BCUT2D eigenvalue weighted by Crippen LogP contribution is 2.53. The molecular formula is C46H28Br3N5O2. The quantitative estimate of drug-likeness (QED) is 0.170. The number of benzene rings is 7. The first-order valence-electron chi connectivity index (χ1n) is 17.8. The van der Waals surface area contributed by atoms with Crippen LogP contribution in [-0.2, 0) is 0 Å². The first-order chi connectivity index (χ1) is 27.3. The van der Waals surface area contributed by atoms with Crippen LogP contribution in [0.3, 0.4) is 0 Å². The Morgan fingerprint density at radius 1 is 0.393 bits per heavy atom. The molecule has 0 unspecified atom stereocenters. The van der Waals surface area contributed by atoms with Gasteiger partial charge in [0, 0.05) is 41.5 Å². The molecule has 0 N–H and O–H groups in total. The Morgan fingerprint density at radius 2 is 0.750 bits per heavy atom. The molecule has 1 aromatic heterocycles. The van der Waals surface area contributed by atoms with E-state index in [-0.39, 0.29) is 0 Å². The number of nitrogens with zero attached hydrogens (tertiary/aromatic N) is 5. The van der Waals surface area contributed by atoms with Gasteiger partial charge < -0.3 is 19.3 Å². The maximum Gasteiger partial charge on any atom is 0.164 e. The van der Waals surface area contributed by atoms with Gasteiger partial charge >= 0.3 is 0 Å². The third kappa shape index (κ3) is 6.33. The van der Waals surface area contributed by atoms with Gasteiger partial charge in [0.2, 0.25) is 0 Å². The van der Waals surface area contributed by atoms with E-state index in [4.69, 9.17) is 24.4 Å². The number of anilines is 6. The van der Waals surface area contributed by atoms with Gasteiger partial charge in [-0.1, -0.05) is 84.2 Å². The van der Waals surface area contributed by atoms with Gasteiger partial charge in [-0.2, -0.15) is 0 Å². The van der Waals surface area contributed by atoms with Gasteiger partial charge in [-0.25, -0.2) is 15.0 Å². The molecule has 2 aliphatic heterocycles. The summed E-state index contributed by atoms with van der Waals surface area (Å²) in [6, 6.07) is 51.2. The molecule has 3 heterocycles. The van der Waals surface area contributed by atoms with E-state index in [1.54, 1.807) is 0 Å². The minimum absolute atomic E-state index is 0.581. The molecule has 2 aliphatic rings. The largest absolute Gasteiger partial charge is 0.453 e. The maximum absolute atomic E-state index is 6.37. The van der Waals surface area contributed by atoms with Gasteiger partial charge in [0.15, 0.2) is 40.5 Å². The van der Waals surface area contributed by atoms with Gasteiger partial charge in [0.25, 0.3) is 0 Å². The number of ether oxygens (including phenoxy) is 2. The summed E-state index contributed by atoms with van der Waals surface area (Å²) in [6.07, 6.45) is 0. The smallest absolute Gasteiger partial charge is 0.164 e. The first kappa shape index (κ1) is 34.7. The van der Waals surface area contributed by atoms with Crippen LogP contribution in [0.15, 0.2) is 165 Å². The monoisotopic (exact) mass is 919 g/mol. The Kier molecular flexibility index (Phi) is 8.69. The van der Waals surface area contributed by atoms with Gasteiger partial charge in [-0.3, -0.25) is 0 Å². The van der Waals surface area contributed by atoms with Crippen molar-refractivity contribution in [1.82, 2.24) is 15.0 Å². The van der Waals surface area contributed by atoms with Crippen LogP contribution in [0, 0.1) is 6.92 Å². The van der Waals surface area contributed by atoms with E-state index in [2.05, 4.69) is 149 Å². The fraction of sp³-hybridized carbons (Fsp3) is 0.0217. The fourth-order valence-corrected chi connectivity index (χ4v) is 8.09. The summed E-state index contributed by atoms with van der Waals surface area (Å²) >= 11 is 10.8. The predicted molar refractivity (Wildman–Crippen MR) is 233 cm³/mol. The molecule has 270 valence electrons. The lowest BCUT2D eigenvalue weighted by molar-refractivity contribution is 0.476. The molecule has 8 aromatic rings. The first-order valence-corrected chi connectivity index (χ1v) is 20.2. The van der Waals surface area contributed by atoms with Crippen LogP contribution < -0.4 is 19.3 Å². The third-order valence-corrected chi connectivity index (χ3v) is 11.2. The van der Waals surface area contributed by atoms with E-state index < -0.39 is 0 Å². The molecule has 0 saturated carbocycles. The van der Waals surface area contributed by atoms with Crippen molar-refractivity contribution in [1.29, 1.82) is 0 Å². The summed E-state index contributed by atoms with van der Waals surface area (Å²) in [4.78, 5) is 19.5. The number of aromatic nitrogens is 3. The Balaban J connectivity index is 1.03. The van der Waals surface area contributed by atoms with Crippen molar-refractivity contribution in [3.63, 3.8) is 0 Å². The molecule has 0 fully saturated rings. The highest BCUT2D eigenvalue weighted by Gasteiger charge is 2.28. The third-order valence-electron chi connectivity index (χ3n) is 9.72. The minimum atomic E-state index is 0.581. The van der Waals surface area contributed by atoms with Crippen LogP contribution in [0.2, 0.25) is 0 Å². The predicted octanol–water partition coefficient (Wildman–Crippen LogP) is 14.6. The average molecular weight is 922 g/mol. The normalized spacial score (nSPS) is 12.5. The lowest BCUT2D eigenvalue weighted by Gasteiger charge is -2.33. The highest BCUT2D eigenvalue weighted by molar-refractivity contribution is 9.11. The topological polar surface area (TPSA) is 63.6 Å². The molecule has 10 heteroatoms. The van der Waals surface area contributed by atoms with E-state index in [9.17, 15) is 0 Å². The zero-order chi connectivity index (χ0) is 37.9. The summed E-state index contributed by atoms with van der Waals surface area (Å²) in [7, 11) is 0. The molecule has 0 radical (unpaired) electrons. The molecule has 0 amide bonds. The standard InChI is InChI=1S/C46H28Br3N5O2/c1-27-7-19-36-40(23-27)55-41-24-31(47)12-20-37(41)53(36)34-15-8-29(9-16-34)45-50-44(28-5-3-2-4-6-28)51-46(52-45)30-10-17-35(18-11-30)54-38-21-13-32(48)25-42(38)56-43-26-33(49)14-22-39(43)54/h2-26H,1H3. The second kappa shape index (κ2) is 14.0. The lowest BCUT2D eigenvalue weighted by atomic mass is 10.1. The minimum Gasteiger partial charge on any atom is -0.453 e. The van der Waals surface area contributed by atoms with Gasteiger partial charge in [0.05, 0.1) is 22.7 Å². The number of hydrogen-bond acceptors (Lipinski definition) is 7. The molecule has 56 heavy (non-hydrogen) atoms. The van der Waals surface area contributed by atoms with Crippen LogP contribution in [0.25, 0.3) is 34.2 Å². The summed E-state index contributed by atoms with van der Waals surface area (Å²) in [5.41, 5.74) is 9.57. The highest BCUT2D eigenvalue weighted by atomic mass is 79.9. The van der Waals surface area contributed by atoms with Crippen molar-refractivity contribution in [2.24, 2.45) is 0 Å². The molecule has 0 atom stereocenters. The Hall–Kier alpha value is -5.81. The molecule has 0 aliphatic carbocycles. The molecule has 0 saturated heterocycles. The van der Waals surface area contributed by atoms with Crippen LogP contribution in [-0.4, -0.2) is 15.0 Å². The van der Waals surface area contributed by atoms with Crippen molar-refractivity contribution in [3.8, 4) is 57.2 Å². The van der Waals surface area contributed by atoms with Crippen molar-refractivity contribution < 1.29 is 9.47 Å². The van der Waals surface area contributed by atoms with Gasteiger partial charge in [-0.05, 0) is 128 Å². The zero-order valence-electron chi connectivity index (χ0n) is 29.6. The second-order valence-corrected chi connectivity index (χ2v) is 16.2. The SMILES string of the molecule is Cc1ccc2c(c1)Oc1cc(Br)ccc1N2c1ccc(-c2nc(-c3ccccc3)nc(-c3ccc(N4c5ccc(Br)cc5Oc5cc(Br)ccc54)cc3)n2)cc1. The number of rotatable bonds is 5. The number of halogens is 3. The molecular weight excluding hydrogens is 894 g/mol. The van der Waals surface area contributed by atoms with E-state index in [1.165, 1.54) is 0 Å². The molecule has 0 spiro atoms.